The normalized spacial score (nSPS) is 16.7. The van der Waals surface area contributed by atoms with Crippen molar-refractivity contribution in [3.63, 3.8) is 0 Å². The summed E-state index contributed by atoms with van der Waals surface area (Å²) in [4.78, 5) is 5.22. The molecule has 4 heteroatoms. The van der Waals surface area contributed by atoms with Gasteiger partial charge in [-0.1, -0.05) is 48.5 Å². The van der Waals surface area contributed by atoms with Gasteiger partial charge in [0, 0.05) is 43.5 Å². The number of ether oxygens (including phenoxy) is 1. The maximum Gasteiger partial charge on any atom is 0.118 e. The zero-order valence-electron chi connectivity index (χ0n) is 18.5. The minimum atomic E-state index is 0.341. The van der Waals surface area contributed by atoms with Gasteiger partial charge in [0.2, 0.25) is 0 Å². The summed E-state index contributed by atoms with van der Waals surface area (Å²) >= 11 is 0. The lowest BCUT2D eigenvalue weighted by Crippen LogP contribution is -2.48. The molecule has 0 saturated carbocycles. The van der Waals surface area contributed by atoms with Gasteiger partial charge in [-0.05, 0) is 43.2 Å². The number of benzene rings is 3. The molecule has 1 saturated heterocycles. The van der Waals surface area contributed by atoms with Crippen molar-refractivity contribution in [2.45, 2.75) is 19.5 Å². The van der Waals surface area contributed by atoms with Crippen molar-refractivity contribution in [2.75, 3.05) is 39.8 Å². The van der Waals surface area contributed by atoms with Gasteiger partial charge in [0.25, 0.3) is 0 Å². The van der Waals surface area contributed by atoms with Gasteiger partial charge in [-0.2, -0.15) is 0 Å². The SMILES string of the molecule is COc1ccc(CCN2CCN(C(C)n3c4ccccc4c4ccccc43)CC2)cc1. The predicted octanol–water partition coefficient (Wildman–Crippen LogP) is 5.18. The Bertz CT molecular complexity index is 1100. The Balaban J connectivity index is 1.26. The largest absolute Gasteiger partial charge is 0.497 e. The average molecular weight is 414 g/mol. The van der Waals surface area contributed by atoms with E-state index in [1.54, 1.807) is 7.11 Å². The highest BCUT2D eigenvalue weighted by molar-refractivity contribution is 6.08. The molecular weight excluding hydrogens is 382 g/mol. The molecule has 31 heavy (non-hydrogen) atoms. The molecule has 160 valence electrons. The first-order valence-corrected chi connectivity index (χ1v) is 11.3. The van der Waals surface area contributed by atoms with Crippen LogP contribution in [0, 0.1) is 0 Å². The molecule has 0 bridgehead atoms. The molecule has 5 rings (SSSR count). The maximum atomic E-state index is 5.26. The summed E-state index contributed by atoms with van der Waals surface area (Å²) in [5, 5.41) is 2.70. The Kier molecular flexibility index (Phi) is 5.66. The van der Waals surface area contributed by atoms with Gasteiger partial charge in [-0.15, -0.1) is 0 Å². The molecule has 2 heterocycles. The van der Waals surface area contributed by atoms with Gasteiger partial charge in [0.05, 0.1) is 24.3 Å². The van der Waals surface area contributed by atoms with Gasteiger partial charge in [0.1, 0.15) is 5.75 Å². The van der Waals surface area contributed by atoms with Gasteiger partial charge in [-0.3, -0.25) is 4.90 Å². The van der Waals surface area contributed by atoms with Crippen molar-refractivity contribution in [2.24, 2.45) is 0 Å². The third-order valence-corrected chi connectivity index (χ3v) is 6.80. The fourth-order valence-corrected chi connectivity index (χ4v) is 4.96. The molecule has 1 aromatic heterocycles. The van der Waals surface area contributed by atoms with Crippen LogP contribution in [-0.4, -0.2) is 54.2 Å². The minimum Gasteiger partial charge on any atom is -0.497 e. The van der Waals surface area contributed by atoms with Crippen molar-refractivity contribution in [3.8, 4) is 5.75 Å². The van der Waals surface area contributed by atoms with E-state index in [9.17, 15) is 0 Å². The third kappa shape index (κ3) is 3.93. The second-order valence-electron chi connectivity index (χ2n) is 8.51. The standard InChI is InChI=1S/C27H31N3O/c1-21(30-26-9-5-3-7-24(26)25-8-4-6-10-27(25)30)29-19-17-28(18-20-29)16-15-22-11-13-23(31-2)14-12-22/h3-14,21H,15-20H2,1-2H3. The first-order chi connectivity index (χ1) is 15.2. The monoisotopic (exact) mass is 413 g/mol. The van der Waals surface area contributed by atoms with Crippen LogP contribution in [0.2, 0.25) is 0 Å². The smallest absolute Gasteiger partial charge is 0.118 e. The average Bonchev–Trinajstić information content (AvgIpc) is 3.17. The second-order valence-corrected chi connectivity index (χ2v) is 8.51. The van der Waals surface area contributed by atoms with Gasteiger partial charge < -0.3 is 14.2 Å². The Morgan fingerprint density at radius 1 is 0.774 bits per heavy atom. The molecule has 1 aliphatic rings. The van der Waals surface area contributed by atoms with Crippen molar-refractivity contribution in [3.05, 3.63) is 78.4 Å². The van der Waals surface area contributed by atoms with E-state index in [1.807, 2.05) is 0 Å². The Morgan fingerprint density at radius 2 is 1.35 bits per heavy atom. The Hall–Kier alpha value is -2.82. The molecular formula is C27H31N3O. The zero-order chi connectivity index (χ0) is 21.2. The number of hydrogen-bond donors (Lipinski definition) is 0. The zero-order valence-corrected chi connectivity index (χ0v) is 18.5. The van der Waals surface area contributed by atoms with E-state index in [4.69, 9.17) is 4.74 Å². The highest BCUT2D eigenvalue weighted by Gasteiger charge is 2.24. The van der Waals surface area contributed by atoms with Crippen molar-refractivity contribution < 1.29 is 4.74 Å². The summed E-state index contributed by atoms with van der Waals surface area (Å²) in [5.41, 5.74) is 4.04. The molecule has 0 spiro atoms. The summed E-state index contributed by atoms with van der Waals surface area (Å²) in [6.45, 7) is 7.92. The molecule has 1 aliphatic heterocycles. The van der Waals surface area contributed by atoms with Crippen LogP contribution in [0.3, 0.4) is 0 Å². The van der Waals surface area contributed by atoms with E-state index < -0.39 is 0 Å². The first kappa shape index (κ1) is 20.1. The highest BCUT2D eigenvalue weighted by Crippen LogP contribution is 2.33. The van der Waals surface area contributed by atoms with Gasteiger partial charge >= 0.3 is 0 Å². The highest BCUT2D eigenvalue weighted by atomic mass is 16.5. The topological polar surface area (TPSA) is 20.6 Å². The number of rotatable bonds is 6. The minimum absolute atomic E-state index is 0.341. The molecule has 1 atom stereocenters. The molecule has 3 aromatic carbocycles. The van der Waals surface area contributed by atoms with E-state index in [1.165, 1.54) is 27.4 Å². The molecule has 4 aromatic rings. The third-order valence-electron chi connectivity index (χ3n) is 6.80. The number of para-hydroxylation sites is 2. The van der Waals surface area contributed by atoms with Crippen LogP contribution in [0.5, 0.6) is 5.75 Å². The van der Waals surface area contributed by atoms with Crippen LogP contribution < -0.4 is 4.74 Å². The molecule has 0 N–H and O–H groups in total. The van der Waals surface area contributed by atoms with E-state index >= 15 is 0 Å². The number of hydrogen-bond acceptors (Lipinski definition) is 3. The van der Waals surface area contributed by atoms with Crippen molar-refractivity contribution in [1.29, 1.82) is 0 Å². The van der Waals surface area contributed by atoms with Gasteiger partial charge in [-0.25, -0.2) is 0 Å². The molecule has 0 radical (unpaired) electrons. The second kappa shape index (κ2) is 8.74. The maximum absolute atomic E-state index is 5.26. The number of piperazine rings is 1. The summed E-state index contributed by atoms with van der Waals surface area (Å²) in [7, 11) is 1.72. The van der Waals surface area contributed by atoms with Crippen LogP contribution in [0.25, 0.3) is 21.8 Å². The summed E-state index contributed by atoms with van der Waals surface area (Å²) in [5.74, 6) is 0.927. The Morgan fingerprint density at radius 3 is 1.94 bits per heavy atom. The Labute approximate surface area is 184 Å². The molecule has 0 aliphatic carbocycles. The summed E-state index contributed by atoms with van der Waals surface area (Å²) in [6.07, 6.45) is 1.43. The fourth-order valence-electron chi connectivity index (χ4n) is 4.96. The van der Waals surface area contributed by atoms with Crippen LogP contribution in [-0.2, 0) is 6.42 Å². The molecule has 1 fully saturated rings. The van der Waals surface area contributed by atoms with E-state index in [0.717, 1.165) is 44.9 Å². The molecule has 0 amide bonds. The first-order valence-electron chi connectivity index (χ1n) is 11.3. The number of methoxy groups -OCH3 is 1. The van der Waals surface area contributed by atoms with Crippen LogP contribution >= 0.6 is 0 Å². The molecule has 1 unspecified atom stereocenters. The van der Waals surface area contributed by atoms with Crippen LogP contribution in [0.1, 0.15) is 18.7 Å². The lowest BCUT2D eigenvalue weighted by Gasteiger charge is -2.39. The predicted molar refractivity (Wildman–Crippen MR) is 129 cm³/mol. The molecule has 4 nitrogen and oxygen atoms in total. The number of fused-ring (bicyclic) bond motifs is 3. The van der Waals surface area contributed by atoms with Gasteiger partial charge in [0.15, 0.2) is 0 Å². The fraction of sp³-hybridized carbons (Fsp3) is 0.333. The number of nitrogens with zero attached hydrogens (tertiary/aromatic N) is 3. The number of aromatic nitrogens is 1. The summed E-state index contributed by atoms with van der Waals surface area (Å²) < 4.78 is 7.79. The van der Waals surface area contributed by atoms with Crippen molar-refractivity contribution in [1.82, 2.24) is 14.4 Å². The van der Waals surface area contributed by atoms with Crippen molar-refractivity contribution >= 4 is 21.8 Å². The van der Waals surface area contributed by atoms with Crippen LogP contribution in [0.4, 0.5) is 0 Å². The lowest BCUT2D eigenvalue weighted by atomic mass is 10.1. The van der Waals surface area contributed by atoms with E-state index in [2.05, 4.69) is 94.1 Å². The van der Waals surface area contributed by atoms with Crippen LogP contribution in [0.15, 0.2) is 72.8 Å². The van der Waals surface area contributed by atoms with E-state index in [0.29, 0.717) is 6.17 Å². The lowest BCUT2D eigenvalue weighted by molar-refractivity contribution is 0.0782. The van der Waals surface area contributed by atoms with E-state index in [-0.39, 0.29) is 0 Å². The quantitative estimate of drug-likeness (QED) is 0.434. The summed E-state index contributed by atoms with van der Waals surface area (Å²) in [6, 6.07) is 26.1.